The lowest BCUT2D eigenvalue weighted by Gasteiger charge is -2.24. The molecule has 1 amide bonds. The van der Waals surface area contributed by atoms with Crippen molar-refractivity contribution in [1.29, 1.82) is 0 Å². The molecule has 162 valence electrons. The highest BCUT2D eigenvalue weighted by Crippen LogP contribution is 2.36. The molecule has 0 aliphatic carbocycles. The summed E-state index contributed by atoms with van der Waals surface area (Å²) in [5.74, 6) is 0.110. The second-order valence-corrected chi connectivity index (χ2v) is 8.65. The fourth-order valence-electron chi connectivity index (χ4n) is 2.71. The number of hydrogen-bond donors (Lipinski definition) is 1. The number of nitrogens with zero attached hydrogens (tertiary/aromatic N) is 1. The molecule has 2 aromatic carbocycles. The molecule has 7 nitrogen and oxygen atoms in total. The van der Waals surface area contributed by atoms with E-state index in [1.807, 2.05) is 0 Å². The van der Waals surface area contributed by atoms with Gasteiger partial charge >= 0.3 is 6.18 Å². The zero-order valence-electron chi connectivity index (χ0n) is 15.5. The van der Waals surface area contributed by atoms with E-state index >= 15 is 0 Å². The molecule has 0 saturated heterocycles. The number of anilines is 2. The van der Waals surface area contributed by atoms with Crippen molar-refractivity contribution in [3.05, 3.63) is 47.0 Å². The lowest BCUT2D eigenvalue weighted by Crippen LogP contribution is -2.37. The van der Waals surface area contributed by atoms with Crippen LogP contribution in [0.25, 0.3) is 0 Å². The summed E-state index contributed by atoms with van der Waals surface area (Å²) < 4.78 is 74.8. The van der Waals surface area contributed by atoms with Crippen LogP contribution < -0.4 is 19.1 Å². The maximum absolute atomic E-state index is 13.0. The minimum atomic E-state index is -4.71. The average molecular weight is 465 g/mol. The van der Waals surface area contributed by atoms with E-state index < -0.39 is 39.9 Å². The van der Waals surface area contributed by atoms with Crippen molar-refractivity contribution in [2.75, 3.05) is 35.6 Å². The molecule has 12 heteroatoms. The molecular weight excluding hydrogens is 449 g/mol. The van der Waals surface area contributed by atoms with Gasteiger partial charge in [0.2, 0.25) is 15.9 Å². The maximum atomic E-state index is 13.0. The standard InChI is InChI=1S/C18H16ClF3N2O5S/c1-30(26,27)24(14-8-11(18(20,21)22)2-4-13(14)19)10-17(25)23-12-3-5-15-16(9-12)29-7-6-28-15/h2-5,8-9H,6-7,10H2,1H3,(H,23,25). The summed E-state index contributed by atoms with van der Waals surface area (Å²) in [6.07, 6.45) is -3.95. The van der Waals surface area contributed by atoms with E-state index in [2.05, 4.69) is 5.32 Å². The maximum Gasteiger partial charge on any atom is 0.416 e. The van der Waals surface area contributed by atoms with Crippen LogP contribution in [0.3, 0.4) is 0 Å². The van der Waals surface area contributed by atoms with Gasteiger partial charge in [-0.25, -0.2) is 8.42 Å². The zero-order valence-corrected chi connectivity index (χ0v) is 17.1. The van der Waals surface area contributed by atoms with E-state index in [0.717, 1.165) is 18.4 Å². The lowest BCUT2D eigenvalue weighted by atomic mass is 10.2. The Morgan fingerprint density at radius 2 is 1.80 bits per heavy atom. The summed E-state index contributed by atoms with van der Waals surface area (Å²) in [6.45, 7) is -0.0611. The quantitative estimate of drug-likeness (QED) is 0.731. The molecule has 1 N–H and O–H groups in total. The molecule has 0 unspecified atom stereocenters. The van der Waals surface area contributed by atoms with Crippen molar-refractivity contribution >= 4 is 38.9 Å². The SMILES string of the molecule is CS(=O)(=O)N(CC(=O)Nc1ccc2c(c1)OCCO2)c1cc(C(F)(F)F)ccc1Cl. The van der Waals surface area contributed by atoms with Crippen LogP contribution >= 0.6 is 11.6 Å². The second kappa shape index (κ2) is 8.23. The first-order valence-corrected chi connectivity index (χ1v) is 10.7. The van der Waals surface area contributed by atoms with E-state index in [1.165, 1.54) is 12.1 Å². The van der Waals surface area contributed by atoms with Crippen molar-refractivity contribution in [1.82, 2.24) is 0 Å². The van der Waals surface area contributed by atoms with Crippen LogP contribution in [-0.4, -0.2) is 40.3 Å². The Labute approximate surface area is 175 Å². The smallest absolute Gasteiger partial charge is 0.416 e. The summed E-state index contributed by atoms with van der Waals surface area (Å²) in [6, 6.07) is 6.82. The average Bonchev–Trinajstić information content (AvgIpc) is 2.65. The van der Waals surface area contributed by atoms with Crippen molar-refractivity contribution in [2.45, 2.75) is 6.18 Å². The van der Waals surface area contributed by atoms with Crippen LogP contribution in [0.4, 0.5) is 24.5 Å². The van der Waals surface area contributed by atoms with Gasteiger partial charge in [0.05, 0.1) is 22.5 Å². The molecule has 1 aliphatic rings. The number of carbonyl (C=O) groups is 1. The van der Waals surface area contributed by atoms with Crippen molar-refractivity contribution in [2.24, 2.45) is 0 Å². The number of amides is 1. The van der Waals surface area contributed by atoms with Gasteiger partial charge in [0.25, 0.3) is 0 Å². The van der Waals surface area contributed by atoms with Crippen LogP contribution in [-0.2, 0) is 21.0 Å². The number of sulfonamides is 1. The van der Waals surface area contributed by atoms with E-state index in [-0.39, 0.29) is 5.02 Å². The molecule has 0 saturated carbocycles. The summed E-state index contributed by atoms with van der Waals surface area (Å²) in [5, 5.41) is 2.23. The molecule has 0 atom stereocenters. The molecule has 1 aliphatic heterocycles. The number of halogens is 4. The third-order valence-electron chi connectivity index (χ3n) is 4.06. The number of nitrogens with one attached hydrogen (secondary N) is 1. The Morgan fingerprint density at radius 1 is 1.13 bits per heavy atom. The highest BCUT2D eigenvalue weighted by molar-refractivity contribution is 7.92. The highest BCUT2D eigenvalue weighted by atomic mass is 35.5. The third-order valence-corrected chi connectivity index (χ3v) is 5.50. The molecular formula is C18H16ClF3N2O5S. The monoisotopic (exact) mass is 464 g/mol. The number of carbonyl (C=O) groups excluding carboxylic acids is 1. The number of hydrogen-bond acceptors (Lipinski definition) is 5. The summed E-state index contributed by atoms with van der Waals surface area (Å²) in [5.41, 5.74) is -1.25. The van der Waals surface area contributed by atoms with E-state index in [4.69, 9.17) is 21.1 Å². The number of benzene rings is 2. The fourth-order valence-corrected chi connectivity index (χ4v) is 3.84. The van der Waals surface area contributed by atoms with Crippen LogP contribution in [0.15, 0.2) is 36.4 Å². The summed E-state index contributed by atoms with van der Waals surface area (Å²) >= 11 is 5.93. The Bertz CT molecular complexity index is 1080. The largest absolute Gasteiger partial charge is 0.486 e. The Hall–Kier alpha value is -2.66. The van der Waals surface area contributed by atoms with Crippen LogP contribution in [0.2, 0.25) is 5.02 Å². The predicted molar refractivity (Wildman–Crippen MR) is 105 cm³/mol. The van der Waals surface area contributed by atoms with E-state index in [0.29, 0.717) is 40.8 Å². The molecule has 2 aromatic rings. The van der Waals surface area contributed by atoms with Crippen LogP contribution in [0, 0.1) is 0 Å². The number of alkyl halides is 3. The number of rotatable bonds is 5. The first kappa shape index (κ1) is 22.0. The Morgan fingerprint density at radius 3 is 2.43 bits per heavy atom. The van der Waals surface area contributed by atoms with Gasteiger partial charge in [-0.1, -0.05) is 11.6 Å². The first-order chi connectivity index (χ1) is 13.9. The second-order valence-electron chi connectivity index (χ2n) is 6.34. The topological polar surface area (TPSA) is 84.9 Å². The molecule has 0 fully saturated rings. The minimum Gasteiger partial charge on any atom is -0.486 e. The third kappa shape index (κ3) is 5.08. The van der Waals surface area contributed by atoms with Gasteiger partial charge in [0.15, 0.2) is 11.5 Å². The molecule has 1 heterocycles. The molecule has 0 radical (unpaired) electrons. The van der Waals surface area contributed by atoms with Crippen molar-refractivity contribution < 1.29 is 35.9 Å². The molecule has 0 bridgehead atoms. The van der Waals surface area contributed by atoms with Gasteiger partial charge in [-0.15, -0.1) is 0 Å². The van der Waals surface area contributed by atoms with Gasteiger partial charge < -0.3 is 14.8 Å². The number of fused-ring (bicyclic) bond motifs is 1. The van der Waals surface area contributed by atoms with Gasteiger partial charge in [-0.2, -0.15) is 13.2 Å². The zero-order chi connectivity index (χ0) is 22.1. The normalized spacial score (nSPS) is 13.6. The highest BCUT2D eigenvalue weighted by Gasteiger charge is 2.33. The Kier molecular flexibility index (Phi) is 6.04. The Balaban J connectivity index is 1.85. The summed E-state index contributed by atoms with van der Waals surface area (Å²) in [7, 11) is -4.13. The van der Waals surface area contributed by atoms with Crippen LogP contribution in [0.5, 0.6) is 11.5 Å². The lowest BCUT2D eigenvalue weighted by molar-refractivity contribution is -0.137. The predicted octanol–water partition coefficient (Wildman–Crippen LogP) is 3.53. The van der Waals surface area contributed by atoms with Gasteiger partial charge in [0.1, 0.15) is 19.8 Å². The van der Waals surface area contributed by atoms with Gasteiger partial charge in [-0.05, 0) is 30.3 Å². The van der Waals surface area contributed by atoms with Crippen LogP contribution in [0.1, 0.15) is 5.56 Å². The fraction of sp³-hybridized carbons (Fsp3) is 0.278. The van der Waals surface area contributed by atoms with Gasteiger partial charge in [0, 0.05) is 11.8 Å². The van der Waals surface area contributed by atoms with E-state index in [9.17, 15) is 26.4 Å². The van der Waals surface area contributed by atoms with E-state index in [1.54, 1.807) is 6.07 Å². The van der Waals surface area contributed by atoms with Crippen molar-refractivity contribution in [3.63, 3.8) is 0 Å². The first-order valence-electron chi connectivity index (χ1n) is 8.49. The minimum absolute atomic E-state index is 0.249. The molecule has 3 rings (SSSR count). The molecule has 0 aromatic heterocycles. The van der Waals surface area contributed by atoms with Crippen molar-refractivity contribution in [3.8, 4) is 11.5 Å². The number of ether oxygens (including phenoxy) is 2. The molecule has 30 heavy (non-hydrogen) atoms. The van der Waals surface area contributed by atoms with Gasteiger partial charge in [-0.3, -0.25) is 9.10 Å². The summed E-state index contributed by atoms with van der Waals surface area (Å²) in [4.78, 5) is 12.4. The molecule has 0 spiro atoms.